The standard InChI is InChI=1S/C29H37N9O5/c1-14-9-22(34-25-23(14)35-24(16(3)42-5)38(25)29(26(30)39)12-15(29)2)33-21-11-19-20(13-31-21)36(4)28(41)37(19)18-8-7-17(10-18)32-27(40)43-6/h9,11,13,15-18H,7-8,10,12H2,1-6H3,(H2,30,39)(H,32,40)(H,31,33,34)/t15-,16+,17+,18+,29-/m0/s1/i4D3,5D3,17D. The Morgan fingerprint density at radius 1 is 1.26 bits per heavy atom. The van der Waals surface area contributed by atoms with E-state index >= 15 is 0 Å². The summed E-state index contributed by atoms with van der Waals surface area (Å²) in [6.07, 6.45) is 0.293. The van der Waals surface area contributed by atoms with E-state index in [0.29, 0.717) is 28.5 Å². The van der Waals surface area contributed by atoms with Gasteiger partial charge < -0.3 is 25.8 Å². The number of nitrogens with two attached hydrogens (primary N) is 1. The maximum absolute atomic E-state index is 13.7. The minimum Gasteiger partial charge on any atom is -0.453 e. The van der Waals surface area contributed by atoms with Crippen LogP contribution >= 0.6 is 0 Å². The van der Waals surface area contributed by atoms with Gasteiger partial charge >= 0.3 is 11.8 Å². The van der Waals surface area contributed by atoms with Crippen molar-refractivity contribution in [2.75, 3.05) is 19.5 Å². The summed E-state index contributed by atoms with van der Waals surface area (Å²) in [5, 5.41) is 5.59. The average molecular weight is 599 g/mol. The van der Waals surface area contributed by atoms with E-state index in [1.54, 1.807) is 17.6 Å². The Balaban J connectivity index is 1.45. The van der Waals surface area contributed by atoms with Gasteiger partial charge in [-0.15, -0.1) is 0 Å². The maximum Gasteiger partial charge on any atom is 0.407 e. The van der Waals surface area contributed by atoms with E-state index in [9.17, 15) is 14.4 Å². The van der Waals surface area contributed by atoms with Gasteiger partial charge in [-0.25, -0.2) is 24.5 Å². The lowest BCUT2D eigenvalue weighted by Crippen LogP contribution is -2.37. The predicted molar refractivity (Wildman–Crippen MR) is 159 cm³/mol. The number of hydrogen-bond acceptors (Lipinski definition) is 9. The first-order valence-electron chi connectivity index (χ1n) is 17.3. The molecule has 0 saturated heterocycles. The van der Waals surface area contributed by atoms with Crippen molar-refractivity contribution in [3.8, 4) is 0 Å². The van der Waals surface area contributed by atoms with Gasteiger partial charge in [0, 0.05) is 36.3 Å². The lowest BCUT2D eigenvalue weighted by Gasteiger charge is -2.21. The molecule has 2 aliphatic carbocycles. The number of aryl methyl sites for hydroxylation is 2. The number of amides is 2. The van der Waals surface area contributed by atoms with Gasteiger partial charge in [0.05, 0.1) is 29.8 Å². The molecule has 6 rings (SSSR count). The van der Waals surface area contributed by atoms with Crippen LogP contribution in [-0.2, 0) is 26.8 Å². The number of rotatable bonds is 8. The Bertz CT molecular complexity index is 2090. The number of primary amides is 1. The van der Waals surface area contributed by atoms with E-state index in [2.05, 4.69) is 25.3 Å². The van der Waals surface area contributed by atoms with Crippen LogP contribution in [0.2, 0.25) is 0 Å². The summed E-state index contributed by atoms with van der Waals surface area (Å²) in [6.45, 7) is 2.29. The van der Waals surface area contributed by atoms with Gasteiger partial charge in [-0.2, -0.15) is 0 Å². The third kappa shape index (κ3) is 4.51. The highest BCUT2D eigenvalue weighted by molar-refractivity contribution is 5.90. The summed E-state index contributed by atoms with van der Waals surface area (Å²) >= 11 is 0. The molecular weight excluding hydrogens is 554 g/mol. The second-order valence-electron chi connectivity index (χ2n) is 11.2. The molecule has 0 radical (unpaired) electrons. The maximum atomic E-state index is 13.7. The zero-order valence-corrected chi connectivity index (χ0v) is 24.1. The van der Waals surface area contributed by atoms with E-state index in [1.165, 1.54) is 30.9 Å². The molecule has 4 aromatic heterocycles. The van der Waals surface area contributed by atoms with E-state index in [-0.39, 0.29) is 52.9 Å². The van der Waals surface area contributed by atoms with E-state index < -0.39 is 55.4 Å². The number of aromatic nitrogens is 6. The number of ether oxygens (including phenoxy) is 2. The number of alkyl carbamates (subject to hydrolysis) is 1. The van der Waals surface area contributed by atoms with Gasteiger partial charge in [0.1, 0.15) is 34.6 Å². The number of hydrogen-bond donors (Lipinski definition) is 3. The molecular formula is C29H37N9O5. The van der Waals surface area contributed by atoms with E-state index in [4.69, 9.17) is 25.0 Å². The molecule has 4 aromatic rings. The highest BCUT2D eigenvalue weighted by Crippen LogP contribution is 2.52. The average Bonchev–Trinajstić information content (AvgIpc) is 3.25. The Labute approximate surface area is 257 Å². The molecule has 2 aliphatic rings. The molecule has 14 heteroatoms. The fraction of sp³-hybridized carbons (Fsp3) is 0.517. The molecule has 0 bridgehead atoms. The molecule has 14 nitrogen and oxygen atoms in total. The van der Waals surface area contributed by atoms with Crippen LogP contribution < -0.4 is 22.1 Å². The lowest BCUT2D eigenvalue weighted by molar-refractivity contribution is -0.122. The quantitative estimate of drug-likeness (QED) is 0.276. The van der Waals surface area contributed by atoms with Gasteiger partial charge in [-0.1, -0.05) is 6.92 Å². The number of carbonyl (C=O) groups excluding carboxylic acids is 2. The number of nitrogens with one attached hydrogen (secondary N) is 2. The largest absolute Gasteiger partial charge is 0.453 e. The van der Waals surface area contributed by atoms with Gasteiger partial charge in [0.25, 0.3) is 0 Å². The Morgan fingerprint density at radius 2 is 2.05 bits per heavy atom. The van der Waals surface area contributed by atoms with Gasteiger partial charge in [-0.05, 0) is 57.1 Å². The Hall–Kier alpha value is -4.46. The Kier molecular flexibility index (Phi) is 5.13. The summed E-state index contributed by atoms with van der Waals surface area (Å²) in [5.41, 5.74) is 5.44. The summed E-state index contributed by atoms with van der Waals surface area (Å²) in [5.74, 6) is -0.204. The van der Waals surface area contributed by atoms with Crippen molar-refractivity contribution in [2.45, 2.75) is 70.2 Å². The highest BCUT2D eigenvalue weighted by atomic mass is 16.5. The zero-order chi connectivity index (χ0) is 36.7. The van der Waals surface area contributed by atoms with Crippen LogP contribution in [0.3, 0.4) is 0 Å². The number of methoxy groups -OCH3 is 2. The van der Waals surface area contributed by atoms with Crippen molar-refractivity contribution >= 4 is 45.8 Å². The zero-order valence-electron chi connectivity index (χ0n) is 31.1. The molecule has 0 unspecified atom stereocenters. The second kappa shape index (κ2) is 10.4. The monoisotopic (exact) mass is 598 g/mol. The van der Waals surface area contributed by atoms with Crippen LogP contribution in [0.1, 0.15) is 72.7 Å². The summed E-state index contributed by atoms with van der Waals surface area (Å²) < 4.78 is 69.1. The van der Waals surface area contributed by atoms with Crippen LogP contribution in [0.15, 0.2) is 23.1 Å². The molecule has 2 saturated carbocycles. The normalized spacial score (nSPS) is 28.6. The predicted octanol–water partition coefficient (Wildman–Crippen LogP) is 2.91. The Morgan fingerprint density at radius 3 is 2.72 bits per heavy atom. The van der Waals surface area contributed by atoms with Crippen LogP contribution in [0.5, 0.6) is 0 Å². The van der Waals surface area contributed by atoms with Gasteiger partial charge in [0.2, 0.25) is 5.91 Å². The highest BCUT2D eigenvalue weighted by Gasteiger charge is 2.60. The molecule has 2 fully saturated rings. The molecule has 228 valence electrons. The van der Waals surface area contributed by atoms with Crippen LogP contribution in [0.25, 0.3) is 22.2 Å². The van der Waals surface area contributed by atoms with E-state index in [0.717, 1.165) is 0 Å². The second-order valence-corrected chi connectivity index (χ2v) is 11.2. The van der Waals surface area contributed by atoms with Crippen molar-refractivity contribution in [3.05, 3.63) is 40.2 Å². The van der Waals surface area contributed by atoms with Crippen molar-refractivity contribution in [2.24, 2.45) is 18.6 Å². The SMILES string of the molecule is [2H]C([2H])([2H])O[C@H](C)c1nc2c(C)cc(Nc3cc4c(cn3)n(C([2H])([2H])[2H])c(=O)n4[C@@H]3CC[C@@]([2H])(NC(=O)OC)C3)nc2n1[C@@]1(C(N)=O)C[C@@H]1C. The first-order valence-corrected chi connectivity index (χ1v) is 13.8. The van der Waals surface area contributed by atoms with Crippen molar-refractivity contribution < 1.29 is 28.7 Å². The lowest BCUT2D eigenvalue weighted by atomic mass is 10.1. The fourth-order valence-corrected chi connectivity index (χ4v) is 6.20. The first-order chi connectivity index (χ1) is 23.2. The molecule has 0 aromatic carbocycles. The number of pyridine rings is 2. The smallest absolute Gasteiger partial charge is 0.407 e. The molecule has 4 heterocycles. The number of fused-ring (bicyclic) bond motifs is 2. The van der Waals surface area contributed by atoms with Gasteiger partial charge in [-0.3, -0.25) is 18.5 Å². The van der Waals surface area contributed by atoms with Crippen LogP contribution in [0, 0.1) is 12.8 Å². The van der Waals surface area contributed by atoms with Gasteiger partial charge in [0.15, 0.2) is 5.65 Å². The summed E-state index contributed by atoms with van der Waals surface area (Å²) in [4.78, 5) is 52.3. The first kappa shape index (κ1) is 21.3. The fourth-order valence-electron chi connectivity index (χ4n) is 6.20. The van der Waals surface area contributed by atoms with Crippen molar-refractivity contribution in [3.63, 3.8) is 0 Å². The van der Waals surface area contributed by atoms with E-state index in [1.807, 2.05) is 6.92 Å². The number of nitrogens with zero attached hydrogens (tertiary/aromatic N) is 6. The summed E-state index contributed by atoms with van der Waals surface area (Å²) in [7, 11) is -1.56. The third-order valence-corrected chi connectivity index (χ3v) is 8.58. The minimum absolute atomic E-state index is 0.0148. The molecule has 5 atom stereocenters. The van der Waals surface area contributed by atoms with Crippen molar-refractivity contribution in [1.82, 2.24) is 34.0 Å². The van der Waals surface area contributed by atoms with Crippen LogP contribution in [-0.4, -0.2) is 60.8 Å². The molecule has 4 N–H and O–H groups in total. The number of anilines is 2. The molecule has 0 aliphatic heterocycles. The van der Waals surface area contributed by atoms with Crippen LogP contribution in [0.4, 0.5) is 16.4 Å². The topological polar surface area (TPSA) is 173 Å². The summed E-state index contributed by atoms with van der Waals surface area (Å²) in [6, 6.07) is 1.10. The third-order valence-electron chi connectivity index (χ3n) is 8.58. The number of carbonyl (C=O) groups is 2. The number of imidazole rings is 2. The minimum atomic E-state index is -2.84. The van der Waals surface area contributed by atoms with Crippen molar-refractivity contribution in [1.29, 1.82) is 0 Å². The molecule has 43 heavy (non-hydrogen) atoms. The molecule has 2 amide bonds. The molecule has 0 spiro atoms.